The number of carbonyl (C=O) groups excluding carboxylic acids is 1. The van der Waals surface area contributed by atoms with Gasteiger partial charge in [-0.05, 0) is 31.7 Å². The number of carboxylic acid groups (broad SMARTS) is 1. The molecule has 1 aromatic rings. The Labute approximate surface area is 136 Å². The van der Waals surface area contributed by atoms with Crippen molar-refractivity contribution in [2.45, 2.75) is 52.2 Å². The van der Waals surface area contributed by atoms with E-state index >= 15 is 0 Å². The number of aromatic carboxylic acids is 1. The minimum Gasteiger partial charge on any atom is -0.478 e. The smallest absolute Gasteiger partial charge is 0.339 e. The summed E-state index contributed by atoms with van der Waals surface area (Å²) in [5, 5.41) is 9.01. The van der Waals surface area contributed by atoms with Gasteiger partial charge in [-0.15, -0.1) is 0 Å². The molecule has 0 spiro atoms. The number of rotatable bonds is 6. The fourth-order valence-electron chi connectivity index (χ4n) is 2.99. The number of carboxylic acids is 1. The number of carbonyl (C=O) groups is 2. The number of amides is 1. The van der Waals surface area contributed by atoms with Crippen LogP contribution in [-0.2, 0) is 16.1 Å². The first kappa shape index (κ1) is 17.5. The van der Waals surface area contributed by atoms with E-state index in [0.29, 0.717) is 17.4 Å². The minimum atomic E-state index is -1.03. The van der Waals surface area contributed by atoms with Crippen LogP contribution < -0.4 is 0 Å². The van der Waals surface area contributed by atoms with E-state index in [9.17, 15) is 9.59 Å². The van der Waals surface area contributed by atoms with Crippen LogP contribution >= 0.6 is 0 Å². The number of hydrogen-bond acceptors (Lipinski definition) is 4. The molecule has 0 unspecified atom stereocenters. The van der Waals surface area contributed by atoms with Gasteiger partial charge in [-0.1, -0.05) is 19.8 Å². The van der Waals surface area contributed by atoms with E-state index < -0.39 is 5.97 Å². The fraction of sp³-hybridized carbons (Fsp3) is 0.647. The molecule has 0 radical (unpaired) electrons. The standard InChI is InChI=1S/C17H25NO5/c1-11-5-4-6-13(7-11)22-10-16(19)18(3)9-14-8-15(17(20)21)12(2)23-14/h8,11,13H,4-7,9-10H2,1-3H3,(H,20,21)/t11-,13+/m1/s1. The van der Waals surface area contributed by atoms with E-state index in [2.05, 4.69) is 6.92 Å². The van der Waals surface area contributed by atoms with Gasteiger partial charge in [-0.3, -0.25) is 4.79 Å². The van der Waals surface area contributed by atoms with Crippen molar-refractivity contribution in [3.63, 3.8) is 0 Å². The molecule has 1 N–H and O–H groups in total. The van der Waals surface area contributed by atoms with Gasteiger partial charge in [0.15, 0.2) is 0 Å². The van der Waals surface area contributed by atoms with Crippen LogP contribution in [0.2, 0.25) is 0 Å². The first-order chi connectivity index (χ1) is 10.9. The van der Waals surface area contributed by atoms with E-state index in [-0.39, 0.29) is 30.7 Å². The lowest BCUT2D eigenvalue weighted by Crippen LogP contribution is -2.32. The summed E-state index contributed by atoms with van der Waals surface area (Å²) in [6, 6.07) is 1.46. The first-order valence-corrected chi connectivity index (χ1v) is 8.05. The van der Waals surface area contributed by atoms with Gasteiger partial charge in [0.05, 0.1) is 12.6 Å². The Bertz CT molecular complexity index is 565. The predicted molar refractivity (Wildman–Crippen MR) is 84.3 cm³/mol. The van der Waals surface area contributed by atoms with Crippen molar-refractivity contribution >= 4 is 11.9 Å². The Hall–Kier alpha value is -1.82. The van der Waals surface area contributed by atoms with Crippen LogP contribution in [0.25, 0.3) is 0 Å². The summed E-state index contributed by atoms with van der Waals surface area (Å²) in [6.07, 6.45) is 4.58. The normalized spacial score (nSPS) is 21.2. The van der Waals surface area contributed by atoms with Crippen LogP contribution in [0.15, 0.2) is 10.5 Å². The van der Waals surface area contributed by atoms with Gasteiger partial charge in [-0.2, -0.15) is 0 Å². The van der Waals surface area contributed by atoms with Crippen LogP contribution in [0.1, 0.15) is 54.5 Å². The third-order valence-corrected chi connectivity index (χ3v) is 4.35. The van der Waals surface area contributed by atoms with Gasteiger partial charge < -0.3 is 19.2 Å². The van der Waals surface area contributed by atoms with E-state index in [4.69, 9.17) is 14.3 Å². The van der Waals surface area contributed by atoms with Crippen LogP contribution in [0.5, 0.6) is 0 Å². The second-order valence-corrected chi connectivity index (χ2v) is 6.44. The summed E-state index contributed by atoms with van der Waals surface area (Å²) >= 11 is 0. The Morgan fingerprint density at radius 1 is 1.43 bits per heavy atom. The third kappa shape index (κ3) is 4.82. The average Bonchev–Trinajstić information content (AvgIpc) is 2.85. The van der Waals surface area contributed by atoms with Crippen molar-refractivity contribution in [2.75, 3.05) is 13.7 Å². The number of ether oxygens (including phenoxy) is 1. The molecule has 128 valence electrons. The molecule has 0 saturated heterocycles. The summed E-state index contributed by atoms with van der Waals surface area (Å²) in [7, 11) is 1.66. The number of nitrogens with zero attached hydrogens (tertiary/aromatic N) is 1. The molecule has 1 fully saturated rings. The maximum atomic E-state index is 12.1. The molecule has 23 heavy (non-hydrogen) atoms. The third-order valence-electron chi connectivity index (χ3n) is 4.35. The number of furan rings is 1. The maximum absolute atomic E-state index is 12.1. The van der Waals surface area contributed by atoms with E-state index in [1.54, 1.807) is 14.0 Å². The molecule has 2 atom stereocenters. The second-order valence-electron chi connectivity index (χ2n) is 6.44. The molecule has 1 aliphatic carbocycles. The van der Waals surface area contributed by atoms with Crippen molar-refractivity contribution in [3.8, 4) is 0 Å². The zero-order valence-corrected chi connectivity index (χ0v) is 14.0. The predicted octanol–water partition coefficient (Wildman–Crippen LogP) is 2.84. The molecule has 1 saturated carbocycles. The summed E-state index contributed by atoms with van der Waals surface area (Å²) in [5.74, 6) is 0.306. The fourth-order valence-corrected chi connectivity index (χ4v) is 2.99. The maximum Gasteiger partial charge on any atom is 0.339 e. The summed E-state index contributed by atoms with van der Waals surface area (Å²) < 4.78 is 11.1. The van der Waals surface area contributed by atoms with Gasteiger partial charge in [-0.25, -0.2) is 4.79 Å². The van der Waals surface area contributed by atoms with Crippen LogP contribution in [0.4, 0.5) is 0 Å². The average molecular weight is 323 g/mol. The molecule has 1 aliphatic rings. The van der Waals surface area contributed by atoms with Gasteiger partial charge >= 0.3 is 5.97 Å². The highest BCUT2D eigenvalue weighted by Crippen LogP contribution is 2.25. The number of aryl methyl sites for hydroxylation is 1. The van der Waals surface area contributed by atoms with E-state index in [1.807, 2.05) is 0 Å². The highest BCUT2D eigenvalue weighted by Gasteiger charge is 2.22. The molecule has 0 bridgehead atoms. The van der Waals surface area contributed by atoms with Crippen LogP contribution in [0.3, 0.4) is 0 Å². The quantitative estimate of drug-likeness (QED) is 0.870. The lowest BCUT2D eigenvalue weighted by Gasteiger charge is -2.27. The largest absolute Gasteiger partial charge is 0.478 e. The van der Waals surface area contributed by atoms with Gasteiger partial charge in [0, 0.05) is 7.05 Å². The zero-order valence-electron chi connectivity index (χ0n) is 14.0. The molecule has 2 rings (SSSR count). The van der Waals surface area contributed by atoms with Crippen molar-refractivity contribution in [3.05, 3.63) is 23.2 Å². The number of likely N-dealkylation sites (N-methyl/N-ethyl adjacent to an activating group) is 1. The highest BCUT2D eigenvalue weighted by atomic mass is 16.5. The Morgan fingerprint density at radius 2 is 2.17 bits per heavy atom. The van der Waals surface area contributed by atoms with Crippen molar-refractivity contribution < 1.29 is 23.8 Å². The minimum absolute atomic E-state index is 0.0549. The summed E-state index contributed by atoms with van der Waals surface area (Å²) in [4.78, 5) is 24.6. The van der Waals surface area contributed by atoms with Crippen molar-refractivity contribution in [2.24, 2.45) is 5.92 Å². The Kier molecular flexibility index (Phi) is 5.82. The van der Waals surface area contributed by atoms with E-state index in [0.717, 1.165) is 19.3 Å². The van der Waals surface area contributed by atoms with Gasteiger partial charge in [0.25, 0.3) is 0 Å². The van der Waals surface area contributed by atoms with Crippen molar-refractivity contribution in [1.29, 1.82) is 0 Å². The lowest BCUT2D eigenvalue weighted by molar-refractivity contribution is -0.138. The zero-order chi connectivity index (χ0) is 17.0. The summed E-state index contributed by atoms with van der Waals surface area (Å²) in [6.45, 7) is 4.10. The van der Waals surface area contributed by atoms with Gasteiger partial charge in [0.1, 0.15) is 23.7 Å². The van der Waals surface area contributed by atoms with E-state index in [1.165, 1.54) is 17.4 Å². The van der Waals surface area contributed by atoms with Crippen LogP contribution in [0, 0.1) is 12.8 Å². The summed E-state index contributed by atoms with van der Waals surface area (Å²) in [5.41, 5.74) is 0.133. The molecule has 0 aromatic carbocycles. The molecule has 0 aliphatic heterocycles. The highest BCUT2D eigenvalue weighted by molar-refractivity contribution is 5.88. The lowest BCUT2D eigenvalue weighted by atomic mass is 9.89. The first-order valence-electron chi connectivity index (χ1n) is 8.05. The second kappa shape index (κ2) is 7.64. The van der Waals surface area contributed by atoms with Gasteiger partial charge in [0.2, 0.25) is 5.91 Å². The topological polar surface area (TPSA) is 80.0 Å². The molecule has 6 heteroatoms. The molecular weight excluding hydrogens is 298 g/mol. The Balaban J connectivity index is 1.82. The number of hydrogen-bond donors (Lipinski definition) is 1. The molecular formula is C17H25NO5. The molecule has 1 aromatic heterocycles. The molecule has 6 nitrogen and oxygen atoms in total. The monoisotopic (exact) mass is 323 g/mol. The molecule has 1 heterocycles. The van der Waals surface area contributed by atoms with Crippen molar-refractivity contribution in [1.82, 2.24) is 4.90 Å². The van der Waals surface area contributed by atoms with Crippen LogP contribution in [-0.4, -0.2) is 41.6 Å². The SMILES string of the molecule is Cc1oc(CN(C)C(=O)CO[C@H]2CCC[C@@H](C)C2)cc1C(=O)O. The Morgan fingerprint density at radius 3 is 2.78 bits per heavy atom. The molecule has 1 amide bonds.